The number of nitrogens with one attached hydrogen (secondary N) is 1. The van der Waals surface area contributed by atoms with Gasteiger partial charge in [-0.25, -0.2) is 15.0 Å². The van der Waals surface area contributed by atoms with Gasteiger partial charge in [-0.05, 0) is 12.1 Å². The average molecular weight is 197 g/mol. The van der Waals surface area contributed by atoms with Crippen LogP contribution in [-0.2, 0) is 0 Å². The molecule has 0 saturated heterocycles. The van der Waals surface area contributed by atoms with Gasteiger partial charge in [-0.15, -0.1) is 0 Å². The lowest BCUT2D eigenvalue weighted by Crippen LogP contribution is -1.94. The van der Waals surface area contributed by atoms with Crippen molar-refractivity contribution in [2.75, 3.05) is 5.32 Å². The Balaban J connectivity index is 2.22. The molecule has 0 aliphatic rings. The smallest absolute Gasteiger partial charge is 0.131 e. The minimum absolute atomic E-state index is 0.560. The highest BCUT2D eigenvalue weighted by Crippen LogP contribution is 2.12. The molecule has 72 valence electrons. The van der Waals surface area contributed by atoms with Crippen LogP contribution in [0.15, 0.2) is 37.1 Å². The van der Waals surface area contributed by atoms with Gasteiger partial charge >= 0.3 is 0 Å². The van der Waals surface area contributed by atoms with Gasteiger partial charge in [0.15, 0.2) is 0 Å². The molecule has 2 rings (SSSR count). The minimum Gasteiger partial charge on any atom is -0.338 e. The summed E-state index contributed by atoms with van der Waals surface area (Å²) >= 11 is 0. The van der Waals surface area contributed by atoms with Crippen molar-refractivity contribution in [3.8, 4) is 6.07 Å². The summed E-state index contributed by atoms with van der Waals surface area (Å²) in [6.45, 7) is 0. The molecule has 0 aliphatic carbocycles. The monoisotopic (exact) mass is 197 g/mol. The van der Waals surface area contributed by atoms with E-state index in [1.54, 1.807) is 30.7 Å². The minimum atomic E-state index is 0.560. The Morgan fingerprint density at radius 1 is 1.27 bits per heavy atom. The molecule has 5 heteroatoms. The fourth-order valence-corrected chi connectivity index (χ4v) is 1.08. The lowest BCUT2D eigenvalue weighted by Gasteiger charge is -2.03. The highest BCUT2D eigenvalue weighted by atomic mass is 15.0. The normalized spacial score (nSPS) is 9.27. The zero-order valence-corrected chi connectivity index (χ0v) is 7.75. The average Bonchev–Trinajstić information content (AvgIpc) is 2.31. The molecule has 0 fully saturated rings. The first-order chi connectivity index (χ1) is 7.38. The van der Waals surface area contributed by atoms with Crippen LogP contribution in [0.3, 0.4) is 0 Å². The second kappa shape index (κ2) is 4.15. The van der Waals surface area contributed by atoms with Crippen LogP contribution in [0.4, 0.5) is 11.5 Å². The molecule has 0 radical (unpaired) electrons. The third-order valence-electron chi connectivity index (χ3n) is 1.72. The quantitative estimate of drug-likeness (QED) is 0.789. The molecule has 2 heterocycles. The third-order valence-corrected chi connectivity index (χ3v) is 1.72. The van der Waals surface area contributed by atoms with E-state index in [9.17, 15) is 0 Å². The van der Waals surface area contributed by atoms with E-state index in [0.29, 0.717) is 11.4 Å². The predicted octanol–water partition coefficient (Wildman–Crippen LogP) is 1.49. The maximum atomic E-state index is 8.70. The number of hydrogen-bond acceptors (Lipinski definition) is 5. The van der Waals surface area contributed by atoms with Crippen LogP contribution in [0.1, 0.15) is 5.56 Å². The summed E-state index contributed by atoms with van der Waals surface area (Å²) < 4.78 is 0. The van der Waals surface area contributed by atoms with Crippen LogP contribution in [0, 0.1) is 11.3 Å². The van der Waals surface area contributed by atoms with Crippen molar-refractivity contribution in [1.29, 1.82) is 5.26 Å². The summed E-state index contributed by atoms with van der Waals surface area (Å²) in [7, 11) is 0. The van der Waals surface area contributed by atoms with E-state index in [1.165, 1.54) is 6.33 Å². The SMILES string of the molecule is N#Cc1ccnc(Nc2cncnc2)c1. The lowest BCUT2D eigenvalue weighted by atomic mass is 10.3. The molecule has 0 spiro atoms. The molecule has 0 saturated carbocycles. The number of anilines is 2. The summed E-state index contributed by atoms with van der Waals surface area (Å²) in [5.41, 5.74) is 1.30. The molecule has 0 amide bonds. The second-order valence-corrected chi connectivity index (χ2v) is 2.79. The van der Waals surface area contributed by atoms with Gasteiger partial charge in [-0.2, -0.15) is 5.26 Å². The molecule has 0 aliphatic heterocycles. The molecular weight excluding hydrogens is 190 g/mol. The molecule has 0 unspecified atom stereocenters. The highest BCUT2D eigenvalue weighted by molar-refractivity contribution is 5.55. The Kier molecular flexibility index (Phi) is 2.52. The standard InChI is InChI=1S/C10H7N5/c11-4-8-1-2-14-10(3-8)15-9-5-12-7-13-6-9/h1-3,5-7H,(H,14,15). The van der Waals surface area contributed by atoms with Crippen LogP contribution in [0.25, 0.3) is 0 Å². The number of aromatic nitrogens is 3. The molecule has 0 bridgehead atoms. The van der Waals surface area contributed by atoms with E-state index in [0.717, 1.165) is 5.69 Å². The topological polar surface area (TPSA) is 74.5 Å². The largest absolute Gasteiger partial charge is 0.338 e. The van der Waals surface area contributed by atoms with Gasteiger partial charge in [0, 0.05) is 6.20 Å². The van der Waals surface area contributed by atoms with Gasteiger partial charge in [0.05, 0.1) is 29.7 Å². The number of nitrogens with zero attached hydrogens (tertiary/aromatic N) is 4. The summed E-state index contributed by atoms with van der Waals surface area (Å²) in [6, 6.07) is 5.35. The fraction of sp³-hybridized carbons (Fsp3) is 0. The van der Waals surface area contributed by atoms with E-state index in [1.807, 2.05) is 6.07 Å². The van der Waals surface area contributed by atoms with Crippen LogP contribution in [0.5, 0.6) is 0 Å². The van der Waals surface area contributed by atoms with Gasteiger partial charge in [0.2, 0.25) is 0 Å². The predicted molar refractivity (Wildman–Crippen MR) is 54.3 cm³/mol. The van der Waals surface area contributed by atoms with Crippen molar-refractivity contribution in [2.45, 2.75) is 0 Å². The molecule has 0 aromatic carbocycles. The fourth-order valence-electron chi connectivity index (χ4n) is 1.08. The number of rotatable bonds is 2. The van der Waals surface area contributed by atoms with Crippen LogP contribution < -0.4 is 5.32 Å². The lowest BCUT2D eigenvalue weighted by molar-refractivity contribution is 1.16. The van der Waals surface area contributed by atoms with Crippen molar-refractivity contribution in [2.24, 2.45) is 0 Å². The van der Waals surface area contributed by atoms with E-state index >= 15 is 0 Å². The molecule has 15 heavy (non-hydrogen) atoms. The van der Waals surface area contributed by atoms with Gasteiger partial charge < -0.3 is 5.32 Å². The van der Waals surface area contributed by atoms with E-state index < -0.39 is 0 Å². The third kappa shape index (κ3) is 2.25. The Bertz CT molecular complexity index is 489. The maximum Gasteiger partial charge on any atom is 0.131 e. The van der Waals surface area contributed by atoms with Gasteiger partial charge in [-0.1, -0.05) is 0 Å². The number of hydrogen-bond donors (Lipinski definition) is 1. The Morgan fingerprint density at radius 2 is 2.07 bits per heavy atom. The van der Waals surface area contributed by atoms with Crippen molar-refractivity contribution in [3.63, 3.8) is 0 Å². The van der Waals surface area contributed by atoms with Crippen molar-refractivity contribution >= 4 is 11.5 Å². The Morgan fingerprint density at radius 3 is 2.80 bits per heavy atom. The maximum absolute atomic E-state index is 8.70. The number of pyridine rings is 1. The Hall–Kier alpha value is -2.48. The summed E-state index contributed by atoms with van der Waals surface area (Å²) in [4.78, 5) is 11.8. The van der Waals surface area contributed by atoms with E-state index in [4.69, 9.17) is 5.26 Å². The first-order valence-corrected chi connectivity index (χ1v) is 4.26. The van der Waals surface area contributed by atoms with Crippen LogP contribution >= 0.6 is 0 Å². The molecule has 1 N–H and O–H groups in total. The molecule has 0 atom stereocenters. The number of nitriles is 1. The van der Waals surface area contributed by atoms with E-state index in [2.05, 4.69) is 20.3 Å². The zero-order chi connectivity index (χ0) is 10.5. The molecule has 5 nitrogen and oxygen atoms in total. The molecule has 2 aromatic heterocycles. The van der Waals surface area contributed by atoms with E-state index in [-0.39, 0.29) is 0 Å². The van der Waals surface area contributed by atoms with Crippen molar-refractivity contribution in [3.05, 3.63) is 42.6 Å². The Labute approximate surface area is 86.5 Å². The highest BCUT2D eigenvalue weighted by Gasteiger charge is 1.97. The van der Waals surface area contributed by atoms with Gasteiger partial charge in [-0.3, -0.25) is 0 Å². The van der Waals surface area contributed by atoms with Gasteiger partial charge in [0.1, 0.15) is 12.1 Å². The van der Waals surface area contributed by atoms with Crippen LogP contribution in [-0.4, -0.2) is 15.0 Å². The summed E-state index contributed by atoms with van der Waals surface area (Å²) in [6.07, 6.45) is 6.29. The zero-order valence-electron chi connectivity index (χ0n) is 7.75. The van der Waals surface area contributed by atoms with Gasteiger partial charge in [0.25, 0.3) is 0 Å². The molecular formula is C10H7N5. The van der Waals surface area contributed by atoms with Crippen molar-refractivity contribution in [1.82, 2.24) is 15.0 Å². The first kappa shape index (κ1) is 9.09. The summed E-state index contributed by atoms with van der Waals surface area (Å²) in [5.74, 6) is 0.601. The summed E-state index contributed by atoms with van der Waals surface area (Å²) in [5, 5.41) is 11.7. The van der Waals surface area contributed by atoms with Crippen LogP contribution in [0.2, 0.25) is 0 Å². The second-order valence-electron chi connectivity index (χ2n) is 2.79. The molecule has 2 aromatic rings. The van der Waals surface area contributed by atoms with Crippen molar-refractivity contribution < 1.29 is 0 Å². The first-order valence-electron chi connectivity index (χ1n) is 4.26.